The minimum absolute atomic E-state index is 0.0935. The van der Waals surface area contributed by atoms with Crippen LogP contribution in [-0.4, -0.2) is 41.3 Å². The molecule has 1 aromatic rings. The van der Waals surface area contributed by atoms with Crippen LogP contribution in [0.5, 0.6) is 0 Å². The fraction of sp³-hybridized carbons (Fsp3) is 0.222. The first-order valence-corrected chi connectivity index (χ1v) is 5.29. The monoisotopic (exact) mass is 225 g/mol. The zero-order valence-electron chi connectivity index (χ0n) is 8.42. The van der Waals surface area contributed by atoms with E-state index in [9.17, 15) is 4.79 Å². The van der Waals surface area contributed by atoms with Crippen LogP contribution in [0.1, 0.15) is 10.4 Å². The third-order valence-electron chi connectivity index (χ3n) is 2.08. The van der Waals surface area contributed by atoms with Crippen molar-refractivity contribution in [3.8, 4) is 0 Å². The second kappa shape index (κ2) is 5.26. The summed E-state index contributed by atoms with van der Waals surface area (Å²) in [5.41, 5.74) is 0.907. The molecule has 0 aliphatic carbocycles. The molecule has 2 N–H and O–H groups in total. The maximum absolute atomic E-state index is 11.6. The lowest BCUT2D eigenvalue weighted by atomic mass is 9.80. The number of nitrogens with zero attached hydrogens (tertiary/aromatic N) is 1. The lowest BCUT2D eigenvalue weighted by Crippen LogP contribution is -2.30. The van der Waals surface area contributed by atoms with Gasteiger partial charge >= 0.3 is 7.12 Å². The molecule has 1 atom stereocenters. The van der Waals surface area contributed by atoms with Gasteiger partial charge in [0.2, 0.25) is 0 Å². The van der Waals surface area contributed by atoms with Gasteiger partial charge in [-0.25, -0.2) is 0 Å². The Balaban J connectivity index is 2.84. The highest BCUT2D eigenvalue weighted by Crippen LogP contribution is 2.03. The van der Waals surface area contributed by atoms with E-state index < -0.39 is 7.12 Å². The van der Waals surface area contributed by atoms with Crippen molar-refractivity contribution in [2.24, 2.45) is 0 Å². The van der Waals surface area contributed by atoms with E-state index in [0.29, 0.717) is 17.3 Å². The molecule has 0 radical (unpaired) electrons. The molecule has 0 saturated heterocycles. The highest BCUT2D eigenvalue weighted by Gasteiger charge is 2.13. The van der Waals surface area contributed by atoms with Gasteiger partial charge in [0.15, 0.2) is 0 Å². The van der Waals surface area contributed by atoms with Crippen molar-refractivity contribution in [1.82, 2.24) is 4.90 Å². The maximum Gasteiger partial charge on any atom is 0.488 e. The van der Waals surface area contributed by atoms with Gasteiger partial charge in [-0.05, 0) is 17.6 Å². The second-order valence-electron chi connectivity index (χ2n) is 3.18. The SMILES string of the molecule is CN(CP)C(=O)c1ccc(B(O)O)cc1. The highest BCUT2D eigenvalue weighted by atomic mass is 31.0. The van der Waals surface area contributed by atoms with Gasteiger partial charge in [0.25, 0.3) is 5.91 Å². The van der Waals surface area contributed by atoms with E-state index in [2.05, 4.69) is 9.24 Å². The lowest BCUT2D eigenvalue weighted by molar-refractivity contribution is 0.0820. The Morgan fingerprint density at radius 3 is 2.33 bits per heavy atom. The largest absolute Gasteiger partial charge is 0.488 e. The standard InChI is InChI=1S/C9H13BNO3P/c1-11(6-15)9(12)7-2-4-8(5-3-7)10(13)14/h2-5,13-14H,6,15H2,1H3. The van der Waals surface area contributed by atoms with Gasteiger partial charge in [-0.2, -0.15) is 0 Å². The number of rotatable bonds is 3. The summed E-state index contributed by atoms with van der Waals surface area (Å²) in [5.74, 6) is -0.0935. The van der Waals surface area contributed by atoms with Crippen molar-refractivity contribution < 1.29 is 14.8 Å². The average molecular weight is 225 g/mol. The fourth-order valence-corrected chi connectivity index (χ4v) is 1.27. The number of carbonyl (C=O) groups excluding carboxylic acids is 1. The molecule has 0 spiro atoms. The first kappa shape index (κ1) is 12.2. The fourth-order valence-electron chi connectivity index (χ4n) is 1.10. The first-order valence-electron chi connectivity index (χ1n) is 4.48. The minimum Gasteiger partial charge on any atom is -0.423 e. The van der Waals surface area contributed by atoms with Crippen LogP contribution >= 0.6 is 9.24 Å². The zero-order chi connectivity index (χ0) is 11.4. The topological polar surface area (TPSA) is 60.8 Å². The van der Waals surface area contributed by atoms with Crippen molar-refractivity contribution in [3.63, 3.8) is 0 Å². The number of carbonyl (C=O) groups is 1. The molecule has 1 rings (SSSR count). The van der Waals surface area contributed by atoms with Crippen LogP contribution in [0.2, 0.25) is 0 Å². The molecule has 0 heterocycles. The molecule has 15 heavy (non-hydrogen) atoms. The molecule has 1 aromatic carbocycles. The third kappa shape index (κ3) is 3.03. The molecule has 80 valence electrons. The minimum atomic E-state index is -1.49. The Hall–Kier alpha value is -0.895. The van der Waals surface area contributed by atoms with E-state index in [1.54, 1.807) is 24.1 Å². The van der Waals surface area contributed by atoms with E-state index in [1.807, 2.05) is 0 Å². The molecular weight excluding hydrogens is 212 g/mol. The van der Waals surface area contributed by atoms with Crippen LogP contribution in [0.25, 0.3) is 0 Å². The van der Waals surface area contributed by atoms with Crippen molar-refractivity contribution in [1.29, 1.82) is 0 Å². The summed E-state index contributed by atoms with van der Waals surface area (Å²) in [7, 11) is 2.67. The predicted molar refractivity (Wildman–Crippen MR) is 62.9 cm³/mol. The number of hydrogen-bond acceptors (Lipinski definition) is 3. The van der Waals surface area contributed by atoms with Gasteiger partial charge in [-0.15, -0.1) is 9.24 Å². The predicted octanol–water partition coefficient (Wildman–Crippen LogP) is -0.729. The number of amides is 1. The van der Waals surface area contributed by atoms with Gasteiger partial charge in [-0.1, -0.05) is 12.1 Å². The molecule has 0 aromatic heterocycles. The summed E-state index contributed by atoms with van der Waals surface area (Å²) < 4.78 is 0. The molecule has 1 unspecified atom stereocenters. The number of benzene rings is 1. The van der Waals surface area contributed by atoms with Crippen LogP contribution in [0.4, 0.5) is 0 Å². The molecule has 0 bridgehead atoms. The van der Waals surface area contributed by atoms with Crippen molar-refractivity contribution >= 4 is 27.7 Å². The maximum atomic E-state index is 11.6. The summed E-state index contributed by atoms with van der Waals surface area (Å²) in [5, 5.41) is 17.7. The van der Waals surface area contributed by atoms with Crippen molar-refractivity contribution in [2.45, 2.75) is 0 Å². The molecule has 0 aliphatic heterocycles. The Labute approximate surface area is 91.3 Å². The Kier molecular flexibility index (Phi) is 4.27. The normalized spacial score (nSPS) is 9.87. The molecule has 1 amide bonds. The average Bonchev–Trinajstić information content (AvgIpc) is 2.27. The zero-order valence-corrected chi connectivity index (χ0v) is 9.58. The summed E-state index contributed by atoms with van der Waals surface area (Å²) in [6, 6.07) is 6.20. The van der Waals surface area contributed by atoms with E-state index in [4.69, 9.17) is 10.0 Å². The summed E-state index contributed by atoms with van der Waals surface area (Å²) >= 11 is 0. The number of hydrogen-bond donors (Lipinski definition) is 2. The van der Waals surface area contributed by atoms with E-state index in [-0.39, 0.29) is 5.91 Å². The summed E-state index contributed by atoms with van der Waals surface area (Å²) in [6.45, 7) is 0. The van der Waals surface area contributed by atoms with Crippen molar-refractivity contribution in [2.75, 3.05) is 13.3 Å². The highest BCUT2D eigenvalue weighted by molar-refractivity contribution is 7.16. The summed E-state index contributed by atoms with van der Waals surface area (Å²) in [4.78, 5) is 13.2. The summed E-state index contributed by atoms with van der Waals surface area (Å²) in [6.07, 6.45) is 0.559. The quantitative estimate of drug-likeness (QED) is 0.526. The van der Waals surface area contributed by atoms with Crippen LogP contribution in [-0.2, 0) is 0 Å². The van der Waals surface area contributed by atoms with Crippen LogP contribution < -0.4 is 5.46 Å². The molecule has 0 aliphatic rings. The van der Waals surface area contributed by atoms with E-state index in [0.717, 1.165) is 0 Å². The second-order valence-corrected chi connectivity index (χ2v) is 3.55. The van der Waals surface area contributed by atoms with E-state index in [1.165, 1.54) is 12.1 Å². The molecule has 0 fully saturated rings. The lowest BCUT2D eigenvalue weighted by Gasteiger charge is -2.14. The first-order chi connectivity index (χ1) is 7.06. The Morgan fingerprint density at radius 2 is 1.93 bits per heavy atom. The van der Waals surface area contributed by atoms with Crippen LogP contribution in [0.3, 0.4) is 0 Å². The molecule has 6 heteroatoms. The van der Waals surface area contributed by atoms with Gasteiger partial charge in [0.05, 0.1) is 0 Å². The van der Waals surface area contributed by atoms with Gasteiger partial charge < -0.3 is 14.9 Å². The van der Waals surface area contributed by atoms with Gasteiger partial charge in [0, 0.05) is 18.9 Å². The van der Waals surface area contributed by atoms with Crippen LogP contribution in [0, 0.1) is 0 Å². The Bertz CT molecular complexity index is 342. The Morgan fingerprint density at radius 1 is 1.40 bits per heavy atom. The molecule has 0 saturated carbocycles. The van der Waals surface area contributed by atoms with Crippen molar-refractivity contribution in [3.05, 3.63) is 29.8 Å². The van der Waals surface area contributed by atoms with Crippen LogP contribution in [0.15, 0.2) is 24.3 Å². The molecular formula is C9H13BNO3P. The molecule has 4 nitrogen and oxygen atoms in total. The smallest absolute Gasteiger partial charge is 0.423 e. The van der Waals surface area contributed by atoms with E-state index >= 15 is 0 Å². The third-order valence-corrected chi connectivity index (χ3v) is 2.62. The van der Waals surface area contributed by atoms with Gasteiger partial charge in [-0.3, -0.25) is 4.79 Å². The van der Waals surface area contributed by atoms with Gasteiger partial charge in [0.1, 0.15) is 0 Å².